The Morgan fingerprint density at radius 3 is 2.48 bits per heavy atom. The van der Waals surface area contributed by atoms with E-state index in [0.29, 0.717) is 6.54 Å². The summed E-state index contributed by atoms with van der Waals surface area (Å²) in [6, 6.07) is 22.4. The van der Waals surface area contributed by atoms with Crippen LogP contribution in [0.25, 0.3) is 10.8 Å². The van der Waals surface area contributed by atoms with Crippen LogP contribution < -0.4 is 15.0 Å². The molecule has 0 saturated carbocycles. The molecule has 0 aliphatic heterocycles. The third kappa shape index (κ3) is 4.86. The lowest BCUT2D eigenvalue weighted by molar-refractivity contribution is -0.885. The van der Waals surface area contributed by atoms with E-state index in [2.05, 4.69) is 29.6 Å². The molecule has 2 N–H and O–H groups in total. The Kier molecular flexibility index (Phi) is 6.09. The van der Waals surface area contributed by atoms with Crippen molar-refractivity contribution in [3.05, 3.63) is 77.9 Å². The lowest BCUT2D eigenvalue weighted by atomic mass is 10.00. The van der Waals surface area contributed by atoms with E-state index in [9.17, 15) is 4.79 Å². The first kappa shape index (κ1) is 18.9. The molecule has 0 aliphatic carbocycles. The molecule has 0 aromatic heterocycles. The molecule has 3 aromatic rings. The van der Waals surface area contributed by atoms with Crippen molar-refractivity contribution < 1.29 is 14.4 Å². The van der Waals surface area contributed by atoms with Gasteiger partial charge in [-0.2, -0.15) is 0 Å². The van der Waals surface area contributed by atoms with Gasteiger partial charge in [0.2, 0.25) is 0 Å². The van der Waals surface area contributed by atoms with Gasteiger partial charge >= 0.3 is 0 Å². The molecule has 0 fully saturated rings. The molecule has 1 unspecified atom stereocenters. The van der Waals surface area contributed by atoms with Crippen LogP contribution in [0.15, 0.2) is 66.7 Å². The zero-order valence-corrected chi connectivity index (χ0v) is 16.2. The Hall–Kier alpha value is -2.85. The molecular formula is C23H27N2O2+. The number of carbonyl (C=O) groups excluding carboxylic acids is 1. The second-order valence-electron chi connectivity index (χ2n) is 7.02. The maximum absolute atomic E-state index is 12.5. The highest BCUT2D eigenvalue weighted by molar-refractivity contribution is 5.87. The summed E-state index contributed by atoms with van der Waals surface area (Å²) in [6.45, 7) is 3.26. The van der Waals surface area contributed by atoms with Crippen LogP contribution in [-0.2, 0) is 11.3 Å². The molecule has 0 bridgehead atoms. The topological polar surface area (TPSA) is 42.8 Å². The van der Waals surface area contributed by atoms with Crippen molar-refractivity contribution in [3.63, 3.8) is 0 Å². The van der Waals surface area contributed by atoms with Crippen LogP contribution in [-0.4, -0.2) is 26.6 Å². The molecular weight excluding hydrogens is 336 g/mol. The summed E-state index contributed by atoms with van der Waals surface area (Å²) in [4.78, 5) is 13.7. The normalized spacial score (nSPS) is 13.1. The fourth-order valence-electron chi connectivity index (χ4n) is 3.43. The van der Waals surface area contributed by atoms with Crippen molar-refractivity contribution in [1.29, 1.82) is 0 Å². The molecule has 4 heteroatoms. The van der Waals surface area contributed by atoms with E-state index in [1.54, 1.807) is 7.11 Å². The monoisotopic (exact) mass is 363 g/mol. The van der Waals surface area contributed by atoms with Crippen LogP contribution in [0.3, 0.4) is 0 Å². The Bertz CT molecular complexity index is 900. The molecule has 0 aliphatic rings. The Morgan fingerprint density at radius 1 is 1.04 bits per heavy atom. The minimum atomic E-state index is -0.0302. The Balaban J connectivity index is 1.59. The summed E-state index contributed by atoms with van der Waals surface area (Å²) >= 11 is 0. The number of likely N-dealkylation sites (N-methyl/N-ethyl adjacent to an activating group) is 1. The van der Waals surface area contributed by atoms with Crippen molar-refractivity contribution in [1.82, 2.24) is 5.32 Å². The minimum absolute atomic E-state index is 0.0302. The molecule has 27 heavy (non-hydrogen) atoms. The second-order valence-corrected chi connectivity index (χ2v) is 7.02. The predicted molar refractivity (Wildman–Crippen MR) is 109 cm³/mol. The van der Waals surface area contributed by atoms with Crippen LogP contribution in [0.5, 0.6) is 5.75 Å². The molecule has 1 amide bonds. The minimum Gasteiger partial charge on any atom is -0.497 e. The van der Waals surface area contributed by atoms with Crippen LogP contribution in [0.4, 0.5) is 0 Å². The number of fused-ring (bicyclic) bond motifs is 1. The van der Waals surface area contributed by atoms with Crippen LogP contribution in [0.2, 0.25) is 0 Å². The van der Waals surface area contributed by atoms with Gasteiger partial charge in [0.05, 0.1) is 20.2 Å². The van der Waals surface area contributed by atoms with Crippen molar-refractivity contribution in [2.75, 3.05) is 20.7 Å². The number of benzene rings is 3. The van der Waals surface area contributed by atoms with Gasteiger partial charge in [0, 0.05) is 5.56 Å². The largest absolute Gasteiger partial charge is 0.497 e. The molecule has 0 spiro atoms. The number of methoxy groups -OCH3 is 1. The first-order chi connectivity index (χ1) is 13.1. The third-order valence-electron chi connectivity index (χ3n) is 4.79. The van der Waals surface area contributed by atoms with Crippen molar-refractivity contribution in [2.45, 2.75) is 19.5 Å². The maximum Gasteiger partial charge on any atom is 0.275 e. The van der Waals surface area contributed by atoms with Gasteiger partial charge in [-0.3, -0.25) is 4.79 Å². The van der Waals surface area contributed by atoms with Crippen molar-refractivity contribution in [2.24, 2.45) is 0 Å². The summed E-state index contributed by atoms with van der Waals surface area (Å²) in [5, 5.41) is 5.52. The molecule has 3 rings (SSSR count). The number of quaternary nitrogens is 1. The first-order valence-electron chi connectivity index (χ1n) is 9.28. The summed E-state index contributed by atoms with van der Waals surface area (Å²) in [5.41, 5.74) is 2.33. The fourth-order valence-corrected chi connectivity index (χ4v) is 3.43. The molecule has 0 radical (unpaired) electrons. The summed E-state index contributed by atoms with van der Waals surface area (Å²) in [7, 11) is 3.69. The number of rotatable bonds is 7. The van der Waals surface area contributed by atoms with Gasteiger partial charge in [-0.15, -0.1) is 0 Å². The van der Waals surface area contributed by atoms with E-state index >= 15 is 0 Å². The quantitative estimate of drug-likeness (QED) is 0.678. The van der Waals surface area contributed by atoms with Gasteiger partial charge in [-0.25, -0.2) is 0 Å². The molecule has 2 atom stereocenters. The number of hydrogen-bond donors (Lipinski definition) is 2. The van der Waals surface area contributed by atoms with Gasteiger partial charge in [0.25, 0.3) is 5.91 Å². The number of hydrogen-bond acceptors (Lipinski definition) is 2. The van der Waals surface area contributed by atoms with E-state index in [0.717, 1.165) is 22.8 Å². The smallest absolute Gasteiger partial charge is 0.275 e. The summed E-state index contributed by atoms with van der Waals surface area (Å²) in [6.07, 6.45) is 0. The molecule has 4 nitrogen and oxygen atoms in total. The maximum atomic E-state index is 12.5. The van der Waals surface area contributed by atoms with E-state index in [1.807, 2.05) is 56.4 Å². The summed E-state index contributed by atoms with van der Waals surface area (Å²) < 4.78 is 5.18. The van der Waals surface area contributed by atoms with E-state index in [1.165, 1.54) is 16.3 Å². The summed E-state index contributed by atoms with van der Waals surface area (Å²) in [5.74, 6) is 0.902. The predicted octanol–water partition coefficient (Wildman–Crippen LogP) is 2.74. The highest BCUT2D eigenvalue weighted by atomic mass is 16.5. The van der Waals surface area contributed by atoms with Crippen molar-refractivity contribution in [3.8, 4) is 5.75 Å². The second kappa shape index (κ2) is 8.69. The van der Waals surface area contributed by atoms with Crippen molar-refractivity contribution >= 4 is 16.7 Å². The highest BCUT2D eigenvalue weighted by Crippen LogP contribution is 2.23. The fraction of sp³-hybridized carbons (Fsp3) is 0.261. The van der Waals surface area contributed by atoms with Crippen LogP contribution >= 0.6 is 0 Å². The standard InChI is InChI=1S/C23H26N2O2/c1-17(21-10-6-8-19-7-4-5-9-22(19)21)24-23(26)16-25(2)15-18-11-13-20(27-3)14-12-18/h4-14,17H,15-16H2,1-3H3,(H,24,26)/p+1/t17-/m1/s1. The van der Waals surface area contributed by atoms with E-state index in [-0.39, 0.29) is 11.9 Å². The average molecular weight is 363 g/mol. The molecule has 3 aromatic carbocycles. The number of nitrogens with one attached hydrogen (secondary N) is 2. The molecule has 0 saturated heterocycles. The van der Waals surface area contributed by atoms with Crippen LogP contribution in [0.1, 0.15) is 24.1 Å². The average Bonchev–Trinajstić information content (AvgIpc) is 2.67. The Labute approximate surface area is 160 Å². The van der Waals surface area contributed by atoms with Gasteiger partial charge in [0.1, 0.15) is 12.3 Å². The van der Waals surface area contributed by atoms with Gasteiger partial charge in [-0.05, 0) is 47.5 Å². The number of ether oxygens (including phenoxy) is 1. The highest BCUT2D eigenvalue weighted by Gasteiger charge is 2.15. The zero-order valence-electron chi connectivity index (χ0n) is 16.2. The van der Waals surface area contributed by atoms with Gasteiger partial charge in [0.15, 0.2) is 6.54 Å². The SMILES string of the molecule is COc1ccc(C[NH+](C)CC(=O)N[C@H](C)c2cccc3ccccc23)cc1. The Morgan fingerprint density at radius 2 is 1.74 bits per heavy atom. The lowest BCUT2D eigenvalue weighted by Crippen LogP contribution is -3.08. The van der Waals surface area contributed by atoms with E-state index in [4.69, 9.17) is 4.74 Å². The lowest BCUT2D eigenvalue weighted by Gasteiger charge is -2.19. The van der Waals surface area contributed by atoms with E-state index < -0.39 is 0 Å². The van der Waals surface area contributed by atoms with Gasteiger partial charge in [-0.1, -0.05) is 42.5 Å². The van der Waals surface area contributed by atoms with Gasteiger partial charge < -0.3 is 15.0 Å². The first-order valence-corrected chi connectivity index (χ1v) is 9.28. The molecule has 0 heterocycles. The third-order valence-corrected chi connectivity index (χ3v) is 4.79. The van der Waals surface area contributed by atoms with Crippen LogP contribution in [0, 0.1) is 0 Å². The zero-order chi connectivity index (χ0) is 19.2. The molecule has 140 valence electrons. The number of amides is 1. The number of carbonyl (C=O) groups is 1.